The van der Waals surface area contributed by atoms with Gasteiger partial charge in [0, 0.05) is 18.7 Å². The number of hydrogen-bond acceptors (Lipinski definition) is 9. The smallest absolute Gasteiger partial charge is 0.264 e. The number of anilines is 1. The van der Waals surface area contributed by atoms with Crippen molar-refractivity contribution < 1.29 is 26.5 Å². The van der Waals surface area contributed by atoms with Crippen LogP contribution in [0.25, 0.3) is 22.9 Å². The molecular weight excluding hydrogens is 544 g/mol. The number of amides is 1. The monoisotopic (exact) mass is 565 g/mol. The van der Waals surface area contributed by atoms with Crippen LogP contribution in [0.4, 0.5) is 14.6 Å². The first-order valence-corrected chi connectivity index (χ1v) is 13.3. The molecule has 0 unspecified atom stereocenters. The highest BCUT2D eigenvalue weighted by molar-refractivity contribution is 7.90. The molecule has 0 saturated carbocycles. The fraction of sp³-hybridized carbons (Fsp3) is 0.115. The molecule has 0 spiro atoms. The number of nitrogens with one attached hydrogen (secondary N) is 1. The Morgan fingerprint density at radius 1 is 1.02 bits per heavy atom. The van der Waals surface area contributed by atoms with Gasteiger partial charge in [0.15, 0.2) is 17.5 Å². The Hall–Kier alpha value is -4.98. The Kier molecular flexibility index (Phi) is 7.33. The van der Waals surface area contributed by atoms with E-state index in [-0.39, 0.29) is 28.8 Å². The molecule has 1 N–H and O–H groups in total. The van der Waals surface area contributed by atoms with Gasteiger partial charge < -0.3 is 9.42 Å². The largest absolute Gasteiger partial charge is 0.364 e. The maximum Gasteiger partial charge on any atom is 0.264 e. The van der Waals surface area contributed by atoms with Crippen LogP contribution in [0.15, 0.2) is 88.6 Å². The van der Waals surface area contributed by atoms with Crippen molar-refractivity contribution in [2.75, 3.05) is 18.5 Å². The molecule has 2 aromatic carbocycles. The Balaban J connectivity index is 1.41. The van der Waals surface area contributed by atoms with Gasteiger partial charge in [-0.15, -0.1) is 0 Å². The van der Waals surface area contributed by atoms with Crippen molar-refractivity contribution >= 4 is 21.7 Å². The summed E-state index contributed by atoms with van der Waals surface area (Å²) in [5.74, 6) is -2.40. The predicted molar refractivity (Wildman–Crippen MR) is 139 cm³/mol. The second-order valence-corrected chi connectivity index (χ2v) is 10.3. The van der Waals surface area contributed by atoms with Crippen LogP contribution in [0.3, 0.4) is 0 Å². The van der Waals surface area contributed by atoms with Gasteiger partial charge in [-0.2, -0.15) is 5.10 Å². The summed E-state index contributed by atoms with van der Waals surface area (Å²) in [4.78, 5) is 21.8. The van der Waals surface area contributed by atoms with E-state index in [0.717, 1.165) is 11.1 Å². The van der Waals surface area contributed by atoms with Crippen LogP contribution in [0.2, 0.25) is 0 Å². The molecule has 3 heterocycles. The third kappa shape index (κ3) is 5.71. The van der Waals surface area contributed by atoms with E-state index in [0.29, 0.717) is 17.0 Å². The first-order chi connectivity index (χ1) is 19.2. The predicted octanol–water partition coefficient (Wildman–Crippen LogP) is 3.26. The minimum Gasteiger partial charge on any atom is -0.364 e. The summed E-state index contributed by atoms with van der Waals surface area (Å²) in [6.45, 7) is -0.468. The number of carbonyl (C=O) groups excluding carboxylic acids is 1. The number of rotatable bonds is 9. The van der Waals surface area contributed by atoms with Crippen molar-refractivity contribution in [1.29, 1.82) is 0 Å². The zero-order chi connectivity index (χ0) is 28.3. The first-order valence-electron chi connectivity index (χ1n) is 11.8. The van der Waals surface area contributed by atoms with Gasteiger partial charge in [-0.05, 0) is 24.3 Å². The minimum atomic E-state index is -4.11. The van der Waals surface area contributed by atoms with Gasteiger partial charge in [0.25, 0.3) is 15.9 Å². The molecule has 0 saturated heterocycles. The van der Waals surface area contributed by atoms with E-state index in [1.165, 1.54) is 48.3 Å². The van der Waals surface area contributed by atoms with Crippen molar-refractivity contribution in [1.82, 2.24) is 29.6 Å². The number of likely N-dealkylation sites (N-methyl/N-ethyl adjacent to an activating group) is 1. The highest BCUT2D eigenvalue weighted by atomic mass is 32.2. The quantitative estimate of drug-likeness (QED) is 0.286. The highest BCUT2D eigenvalue weighted by Crippen LogP contribution is 2.26. The van der Waals surface area contributed by atoms with E-state index < -0.39 is 34.1 Å². The number of sulfonamides is 1. The third-order valence-electron chi connectivity index (χ3n) is 5.76. The van der Waals surface area contributed by atoms with E-state index in [1.807, 2.05) is 4.72 Å². The van der Waals surface area contributed by atoms with Gasteiger partial charge in [0.1, 0.15) is 23.5 Å². The molecule has 5 rings (SSSR count). The molecule has 1 amide bonds. The van der Waals surface area contributed by atoms with Crippen LogP contribution in [0.5, 0.6) is 0 Å². The van der Waals surface area contributed by atoms with Gasteiger partial charge in [-0.25, -0.2) is 31.9 Å². The maximum atomic E-state index is 14.7. The standard InChI is InChI=1S/C26H21F2N7O4S/c1-34(16-24(36)33-40(37,38)18-8-3-2-4-9-18)26-20(28)14-29-25(30-26)22-13-23(21-11-12-39-32-21)35(31-22)15-17-7-5-6-10-19(17)27/h2-14H,15-16H2,1H3,(H,33,36). The third-order valence-corrected chi connectivity index (χ3v) is 7.15. The van der Waals surface area contributed by atoms with E-state index in [9.17, 15) is 22.0 Å². The normalized spacial score (nSPS) is 11.4. The van der Waals surface area contributed by atoms with E-state index >= 15 is 0 Å². The number of carbonyl (C=O) groups is 1. The SMILES string of the molecule is CN(CC(=O)NS(=O)(=O)c1ccccc1)c1nc(-c2cc(-c3ccon3)n(Cc3ccccc3F)n2)ncc1F. The molecule has 3 aromatic heterocycles. The molecule has 40 heavy (non-hydrogen) atoms. The number of aromatic nitrogens is 5. The molecule has 5 aromatic rings. The fourth-order valence-corrected chi connectivity index (χ4v) is 4.86. The highest BCUT2D eigenvalue weighted by Gasteiger charge is 2.22. The minimum absolute atomic E-state index is 0.0117. The van der Waals surface area contributed by atoms with Crippen LogP contribution in [-0.2, 0) is 21.4 Å². The molecule has 204 valence electrons. The summed E-state index contributed by atoms with van der Waals surface area (Å²) in [6.07, 6.45) is 2.29. The van der Waals surface area contributed by atoms with Crippen molar-refractivity contribution in [3.63, 3.8) is 0 Å². The van der Waals surface area contributed by atoms with E-state index in [4.69, 9.17) is 4.52 Å². The van der Waals surface area contributed by atoms with Crippen molar-refractivity contribution in [2.45, 2.75) is 11.4 Å². The lowest BCUT2D eigenvalue weighted by Crippen LogP contribution is -2.39. The van der Waals surface area contributed by atoms with Crippen LogP contribution in [0, 0.1) is 11.6 Å². The molecule has 0 aliphatic rings. The molecule has 0 fully saturated rings. The summed E-state index contributed by atoms with van der Waals surface area (Å²) >= 11 is 0. The number of nitrogens with zero attached hydrogens (tertiary/aromatic N) is 6. The molecule has 0 radical (unpaired) electrons. The summed E-state index contributed by atoms with van der Waals surface area (Å²) in [6, 6.07) is 16.8. The van der Waals surface area contributed by atoms with Gasteiger partial charge in [0.2, 0.25) is 0 Å². The second-order valence-electron chi connectivity index (χ2n) is 8.61. The van der Waals surface area contributed by atoms with Gasteiger partial charge in [-0.1, -0.05) is 41.6 Å². The summed E-state index contributed by atoms with van der Waals surface area (Å²) in [5, 5.41) is 8.42. The average molecular weight is 566 g/mol. The lowest BCUT2D eigenvalue weighted by atomic mass is 10.2. The Morgan fingerprint density at radius 3 is 2.50 bits per heavy atom. The van der Waals surface area contributed by atoms with Crippen LogP contribution >= 0.6 is 0 Å². The van der Waals surface area contributed by atoms with Crippen LogP contribution in [0.1, 0.15) is 5.56 Å². The lowest BCUT2D eigenvalue weighted by molar-refractivity contribution is -0.118. The first kappa shape index (κ1) is 26.6. The Labute approximate surface area is 227 Å². The Morgan fingerprint density at radius 2 is 1.77 bits per heavy atom. The van der Waals surface area contributed by atoms with E-state index in [1.54, 1.807) is 36.4 Å². The van der Waals surface area contributed by atoms with Gasteiger partial charge in [0.05, 0.1) is 29.9 Å². The number of benzene rings is 2. The molecule has 0 aliphatic carbocycles. The topological polar surface area (TPSA) is 136 Å². The van der Waals surface area contributed by atoms with Crippen LogP contribution < -0.4 is 9.62 Å². The average Bonchev–Trinajstić information content (AvgIpc) is 3.61. The molecule has 14 heteroatoms. The Bertz CT molecular complexity index is 1760. The molecule has 11 nitrogen and oxygen atoms in total. The summed E-state index contributed by atoms with van der Waals surface area (Å²) < 4.78 is 62.4. The fourth-order valence-electron chi connectivity index (χ4n) is 3.87. The van der Waals surface area contributed by atoms with E-state index in [2.05, 4.69) is 20.2 Å². The van der Waals surface area contributed by atoms with Gasteiger partial charge in [-0.3, -0.25) is 9.48 Å². The van der Waals surface area contributed by atoms with Crippen molar-refractivity contribution in [3.8, 4) is 22.9 Å². The maximum absolute atomic E-state index is 14.7. The molecule has 0 bridgehead atoms. The zero-order valence-electron chi connectivity index (χ0n) is 20.9. The molecule has 0 aliphatic heterocycles. The van der Waals surface area contributed by atoms with Crippen molar-refractivity contribution in [3.05, 3.63) is 96.4 Å². The zero-order valence-corrected chi connectivity index (χ0v) is 21.7. The van der Waals surface area contributed by atoms with Crippen LogP contribution in [-0.4, -0.2) is 52.8 Å². The van der Waals surface area contributed by atoms with Gasteiger partial charge >= 0.3 is 0 Å². The van der Waals surface area contributed by atoms with Crippen molar-refractivity contribution in [2.24, 2.45) is 0 Å². The second kappa shape index (κ2) is 11.0. The number of hydrogen-bond donors (Lipinski definition) is 1. The summed E-state index contributed by atoms with van der Waals surface area (Å²) in [5.41, 5.74) is 1.49. The molecular formula is C26H21F2N7O4S. The summed E-state index contributed by atoms with van der Waals surface area (Å²) in [7, 11) is -2.73. The number of halogens is 2. The lowest BCUT2D eigenvalue weighted by Gasteiger charge is -2.18. The molecule has 0 atom stereocenters.